The van der Waals surface area contributed by atoms with Crippen LogP contribution < -0.4 is 5.32 Å². The fourth-order valence-electron chi connectivity index (χ4n) is 7.79. The Bertz CT molecular complexity index is 1420. The van der Waals surface area contributed by atoms with Gasteiger partial charge in [0.05, 0.1) is 10.7 Å². The quantitative estimate of drug-likeness (QED) is 0.312. The Kier molecular flexibility index (Phi) is 4.61. The predicted molar refractivity (Wildman–Crippen MR) is 144 cm³/mol. The van der Waals surface area contributed by atoms with E-state index in [-0.39, 0.29) is 5.41 Å². The molecule has 2 bridgehead atoms. The van der Waals surface area contributed by atoms with Crippen LogP contribution in [0.3, 0.4) is 0 Å². The van der Waals surface area contributed by atoms with Crippen LogP contribution in [0.4, 0.5) is 11.4 Å². The lowest BCUT2D eigenvalue weighted by atomic mass is 9.53. The summed E-state index contributed by atoms with van der Waals surface area (Å²) >= 11 is 6.77. The molecular weight excluding hydrogens is 434 g/mol. The van der Waals surface area contributed by atoms with E-state index in [1.807, 2.05) is 6.07 Å². The maximum Gasteiger partial charge on any atom is 0.0653 e. The molecule has 1 nitrogen and oxygen atoms in total. The molecule has 4 aromatic rings. The molecule has 0 aromatic heterocycles. The number of nitrogens with one attached hydrogen (secondary N) is 1. The number of benzene rings is 4. The minimum absolute atomic E-state index is 0.150. The third kappa shape index (κ3) is 2.86. The molecule has 0 saturated heterocycles. The van der Waals surface area contributed by atoms with Gasteiger partial charge < -0.3 is 5.32 Å². The number of fused-ring (bicyclic) bond motifs is 9. The standard InChI is InChI=1S/C32H30ClN/c1-20-17-21-15-16-32(23(18-20)19-21)26-10-5-4-9-25(26)30-27(32)11-6-12-29(30)34-31-24-8-3-2-7-22(24)13-14-28(31)33/h2-14,20-21,23,34H,15-19H2,1H3. The molecule has 1 spiro atoms. The van der Waals surface area contributed by atoms with Gasteiger partial charge in [-0.15, -0.1) is 0 Å². The molecule has 0 radical (unpaired) electrons. The van der Waals surface area contributed by atoms with Gasteiger partial charge in [-0.3, -0.25) is 0 Å². The Balaban J connectivity index is 1.43. The Labute approximate surface area is 207 Å². The summed E-state index contributed by atoms with van der Waals surface area (Å²) in [5.41, 5.74) is 8.21. The van der Waals surface area contributed by atoms with Crippen LogP contribution in [0.15, 0.2) is 78.9 Å². The van der Waals surface area contributed by atoms with E-state index < -0.39 is 0 Å². The summed E-state index contributed by atoms with van der Waals surface area (Å²) in [5.74, 6) is 2.47. The SMILES string of the molecule is CC1CC2CCC3(c4ccccc4-c4c(Nc5c(Cl)ccc6ccccc56)cccc43)C(C1)C2. The normalized spacial score (nSPS) is 26.9. The molecule has 1 N–H and O–H groups in total. The van der Waals surface area contributed by atoms with E-state index in [0.717, 1.165) is 33.8 Å². The van der Waals surface area contributed by atoms with Crippen LogP contribution >= 0.6 is 11.6 Å². The minimum atomic E-state index is 0.150. The maximum absolute atomic E-state index is 6.77. The maximum atomic E-state index is 6.77. The summed E-state index contributed by atoms with van der Waals surface area (Å²) < 4.78 is 0. The van der Waals surface area contributed by atoms with Crippen molar-refractivity contribution in [2.24, 2.45) is 17.8 Å². The average Bonchev–Trinajstić information content (AvgIpc) is 3.15. The van der Waals surface area contributed by atoms with E-state index in [1.165, 1.54) is 59.9 Å². The molecule has 3 aliphatic rings. The summed E-state index contributed by atoms with van der Waals surface area (Å²) in [4.78, 5) is 0. The first-order valence-electron chi connectivity index (χ1n) is 12.8. The van der Waals surface area contributed by atoms with Gasteiger partial charge in [0.1, 0.15) is 0 Å². The Morgan fingerprint density at radius 2 is 1.65 bits per heavy atom. The van der Waals surface area contributed by atoms with Crippen LogP contribution in [0.1, 0.15) is 50.2 Å². The summed E-state index contributed by atoms with van der Waals surface area (Å²) in [6.45, 7) is 2.47. The van der Waals surface area contributed by atoms with Crippen LogP contribution in [0.2, 0.25) is 5.02 Å². The van der Waals surface area contributed by atoms with Gasteiger partial charge in [0.25, 0.3) is 0 Å². The fourth-order valence-corrected chi connectivity index (χ4v) is 8.00. The minimum Gasteiger partial charge on any atom is -0.353 e. The molecule has 2 fully saturated rings. The molecule has 4 aromatic carbocycles. The van der Waals surface area contributed by atoms with Crippen molar-refractivity contribution >= 4 is 33.7 Å². The van der Waals surface area contributed by atoms with Crippen LogP contribution in [0, 0.1) is 17.8 Å². The summed E-state index contributed by atoms with van der Waals surface area (Å²) in [5, 5.41) is 6.94. The van der Waals surface area contributed by atoms with E-state index in [0.29, 0.717) is 0 Å². The number of anilines is 2. The van der Waals surface area contributed by atoms with Gasteiger partial charge in [-0.1, -0.05) is 85.3 Å². The third-order valence-corrected chi connectivity index (χ3v) is 9.36. The van der Waals surface area contributed by atoms with E-state index in [4.69, 9.17) is 11.6 Å². The zero-order valence-electron chi connectivity index (χ0n) is 19.7. The molecule has 34 heavy (non-hydrogen) atoms. The second-order valence-electron chi connectivity index (χ2n) is 10.9. The second kappa shape index (κ2) is 7.62. The molecule has 170 valence electrons. The molecule has 7 rings (SSSR count). The zero-order valence-corrected chi connectivity index (χ0v) is 20.4. The molecule has 0 amide bonds. The largest absolute Gasteiger partial charge is 0.353 e. The molecule has 4 atom stereocenters. The van der Waals surface area contributed by atoms with Gasteiger partial charge >= 0.3 is 0 Å². The van der Waals surface area contributed by atoms with Crippen molar-refractivity contribution in [1.29, 1.82) is 0 Å². The highest BCUT2D eigenvalue weighted by atomic mass is 35.5. The highest BCUT2D eigenvalue weighted by molar-refractivity contribution is 6.35. The third-order valence-electron chi connectivity index (χ3n) is 9.04. The second-order valence-corrected chi connectivity index (χ2v) is 11.3. The summed E-state index contributed by atoms with van der Waals surface area (Å²) in [6.07, 6.45) is 6.77. The summed E-state index contributed by atoms with van der Waals surface area (Å²) in [7, 11) is 0. The Hall–Kier alpha value is -2.77. The van der Waals surface area contributed by atoms with Crippen molar-refractivity contribution in [3.05, 3.63) is 95.0 Å². The lowest BCUT2D eigenvalue weighted by Gasteiger charge is -2.50. The van der Waals surface area contributed by atoms with Gasteiger partial charge in [-0.05, 0) is 84.1 Å². The summed E-state index contributed by atoms with van der Waals surface area (Å²) in [6, 6.07) is 28.7. The van der Waals surface area contributed by atoms with Gasteiger partial charge in [0, 0.05) is 22.1 Å². The van der Waals surface area contributed by atoms with Crippen molar-refractivity contribution < 1.29 is 0 Å². The fraction of sp³-hybridized carbons (Fsp3) is 0.312. The van der Waals surface area contributed by atoms with Crippen molar-refractivity contribution in [2.75, 3.05) is 5.32 Å². The molecular formula is C32H30ClN. The number of halogens is 1. The lowest BCUT2D eigenvalue weighted by molar-refractivity contribution is 0.0856. The molecule has 2 saturated carbocycles. The van der Waals surface area contributed by atoms with Crippen molar-refractivity contribution in [1.82, 2.24) is 0 Å². The molecule has 0 aliphatic heterocycles. The van der Waals surface area contributed by atoms with Crippen molar-refractivity contribution in [2.45, 2.75) is 44.4 Å². The smallest absolute Gasteiger partial charge is 0.0653 e. The number of rotatable bonds is 2. The van der Waals surface area contributed by atoms with E-state index in [2.05, 4.69) is 85.0 Å². The van der Waals surface area contributed by atoms with Gasteiger partial charge in [-0.2, -0.15) is 0 Å². The van der Waals surface area contributed by atoms with Crippen LogP contribution in [-0.4, -0.2) is 0 Å². The topological polar surface area (TPSA) is 12.0 Å². The van der Waals surface area contributed by atoms with E-state index in [1.54, 1.807) is 5.56 Å². The van der Waals surface area contributed by atoms with Gasteiger partial charge in [0.2, 0.25) is 0 Å². The van der Waals surface area contributed by atoms with Crippen LogP contribution in [-0.2, 0) is 5.41 Å². The molecule has 3 aliphatic carbocycles. The number of hydrogen-bond acceptors (Lipinski definition) is 1. The highest BCUT2D eigenvalue weighted by Gasteiger charge is 2.53. The number of hydrogen-bond donors (Lipinski definition) is 1. The van der Waals surface area contributed by atoms with Gasteiger partial charge in [0.15, 0.2) is 0 Å². The lowest BCUT2D eigenvalue weighted by Crippen LogP contribution is -2.44. The van der Waals surface area contributed by atoms with E-state index in [9.17, 15) is 0 Å². The van der Waals surface area contributed by atoms with Crippen LogP contribution in [0.25, 0.3) is 21.9 Å². The first-order valence-corrected chi connectivity index (χ1v) is 13.2. The van der Waals surface area contributed by atoms with Crippen molar-refractivity contribution in [3.8, 4) is 11.1 Å². The highest BCUT2D eigenvalue weighted by Crippen LogP contribution is 2.63. The monoisotopic (exact) mass is 463 g/mol. The average molecular weight is 464 g/mol. The molecule has 4 unspecified atom stereocenters. The Morgan fingerprint density at radius 1 is 0.824 bits per heavy atom. The van der Waals surface area contributed by atoms with Crippen molar-refractivity contribution in [3.63, 3.8) is 0 Å². The Morgan fingerprint density at radius 3 is 2.59 bits per heavy atom. The first-order chi connectivity index (χ1) is 16.6. The molecule has 0 heterocycles. The van der Waals surface area contributed by atoms with Gasteiger partial charge in [-0.25, -0.2) is 0 Å². The van der Waals surface area contributed by atoms with Crippen LogP contribution in [0.5, 0.6) is 0 Å². The van der Waals surface area contributed by atoms with E-state index >= 15 is 0 Å². The molecule has 2 heteroatoms. The zero-order chi connectivity index (χ0) is 22.9. The predicted octanol–water partition coefficient (Wildman–Crippen LogP) is 9.35. The first kappa shape index (κ1) is 20.6.